The molecule has 0 aliphatic carbocycles. The van der Waals surface area contributed by atoms with Crippen LogP contribution in [0, 0.1) is 0 Å². The number of anilines is 2. The van der Waals surface area contributed by atoms with Crippen molar-refractivity contribution in [2.45, 2.75) is 104 Å². The van der Waals surface area contributed by atoms with Crippen molar-refractivity contribution >= 4 is 64.3 Å². The largest absolute Gasteiger partial charge is 0.500 e. The van der Waals surface area contributed by atoms with Crippen LogP contribution in [0.15, 0.2) is 24.3 Å². The lowest BCUT2D eigenvalue weighted by molar-refractivity contribution is -0.118. The van der Waals surface area contributed by atoms with E-state index in [4.69, 9.17) is 26.6 Å². The number of thioether (sulfide) groups is 2. The van der Waals surface area contributed by atoms with Crippen LogP contribution in [-0.2, 0) is 36.1 Å². The molecule has 0 radical (unpaired) electrons. The average Bonchev–Trinajstić information content (AvgIpc) is 2.99. The summed E-state index contributed by atoms with van der Waals surface area (Å²) in [4.78, 5) is 26.3. The minimum Gasteiger partial charge on any atom is -0.374 e. The maximum Gasteiger partial charge on any atom is 0.500 e. The molecule has 0 aliphatic heterocycles. The van der Waals surface area contributed by atoms with E-state index in [-0.39, 0.29) is 11.8 Å². The Morgan fingerprint density at radius 1 is 0.565 bits per heavy atom. The summed E-state index contributed by atoms with van der Waals surface area (Å²) in [5.41, 5.74) is 1.35. The molecule has 0 aromatic heterocycles. The van der Waals surface area contributed by atoms with E-state index in [0.717, 1.165) is 24.3 Å². The average molecular weight is 721 g/mol. The zero-order valence-corrected chi connectivity index (χ0v) is 33.5. The fraction of sp³-hybridized carbons (Fsp3) is 0.750. The number of amides is 2. The molecule has 46 heavy (non-hydrogen) atoms. The van der Waals surface area contributed by atoms with Crippen LogP contribution in [0.3, 0.4) is 0 Å². The Bertz CT molecular complexity index is 905. The molecule has 1 rings (SSSR count). The van der Waals surface area contributed by atoms with Gasteiger partial charge in [0.05, 0.1) is 9.49 Å². The number of hydrogen-bond acceptors (Lipinski definition) is 10. The Labute approximate surface area is 289 Å². The summed E-state index contributed by atoms with van der Waals surface area (Å²) in [6, 6.07) is 8.65. The summed E-state index contributed by atoms with van der Waals surface area (Å²) in [7, 11) is -5.38. The fourth-order valence-corrected chi connectivity index (χ4v) is 12.3. The van der Waals surface area contributed by atoms with Crippen LogP contribution in [0.25, 0.3) is 0 Å². The van der Waals surface area contributed by atoms with Gasteiger partial charge < -0.3 is 37.2 Å². The Kier molecular flexibility index (Phi) is 20.5. The highest BCUT2D eigenvalue weighted by molar-refractivity contribution is 8.01. The van der Waals surface area contributed by atoms with Crippen LogP contribution >= 0.6 is 23.5 Å². The van der Waals surface area contributed by atoms with Gasteiger partial charge in [-0.1, -0.05) is 0 Å². The maximum absolute atomic E-state index is 13.1. The first-order chi connectivity index (χ1) is 21.8. The highest BCUT2D eigenvalue weighted by Gasteiger charge is 2.41. The molecule has 1 aromatic rings. The first-order valence-electron chi connectivity index (χ1n) is 16.6. The zero-order chi connectivity index (χ0) is 34.7. The third kappa shape index (κ3) is 15.1. The molecule has 2 N–H and O–H groups in total. The molecule has 1 aromatic carbocycles. The third-order valence-electron chi connectivity index (χ3n) is 6.86. The van der Waals surface area contributed by atoms with Crippen molar-refractivity contribution in [1.82, 2.24) is 0 Å². The quantitative estimate of drug-likeness (QED) is 0.0739. The van der Waals surface area contributed by atoms with Crippen molar-refractivity contribution in [3.63, 3.8) is 0 Å². The molecule has 0 saturated carbocycles. The van der Waals surface area contributed by atoms with Gasteiger partial charge in [0.2, 0.25) is 11.8 Å². The van der Waals surface area contributed by atoms with E-state index >= 15 is 0 Å². The lowest BCUT2D eigenvalue weighted by atomic mass is 10.1. The summed E-state index contributed by atoms with van der Waals surface area (Å²) in [5, 5.41) is 6.03. The molecule has 0 bridgehead atoms. The summed E-state index contributed by atoms with van der Waals surface area (Å²) in [6.07, 6.45) is 1.65. The molecule has 0 aliphatic rings. The third-order valence-corrected chi connectivity index (χ3v) is 16.0. The van der Waals surface area contributed by atoms with E-state index in [1.165, 1.54) is 0 Å². The van der Waals surface area contributed by atoms with Gasteiger partial charge in [0.25, 0.3) is 0 Å². The molecule has 14 heteroatoms. The van der Waals surface area contributed by atoms with Gasteiger partial charge in [0.1, 0.15) is 0 Å². The van der Waals surface area contributed by atoms with E-state index in [0.29, 0.717) is 63.1 Å². The Hall–Kier alpha value is -0.946. The van der Waals surface area contributed by atoms with Crippen molar-refractivity contribution in [3.05, 3.63) is 24.3 Å². The second kappa shape index (κ2) is 21.9. The van der Waals surface area contributed by atoms with Gasteiger partial charge in [-0.25, -0.2) is 0 Å². The van der Waals surface area contributed by atoms with E-state index in [1.807, 2.05) is 69.2 Å². The van der Waals surface area contributed by atoms with Crippen LogP contribution < -0.4 is 10.6 Å². The molecule has 0 saturated heterocycles. The number of carbonyl (C=O) groups is 2. The number of hydrogen-bond donors (Lipinski definition) is 2. The zero-order valence-electron chi connectivity index (χ0n) is 29.9. The minimum absolute atomic E-state index is 0.0835. The minimum atomic E-state index is -2.69. The Morgan fingerprint density at radius 2 is 0.826 bits per heavy atom. The number of benzene rings is 1. The van der Waals surface area contributed by atoms with E-state index in [1.54, 1.807) is 47.8 Å². The van der Waals surface area contributed by atoms with Crippen LogP contribution in [0.2, 0.25) is 12.1 Å². The second-order valence-corrected chi connectivity index (χ2v) is 20.3. The number of carbonyl (C=O) groups excluding carboxylic acids is 2. The van der Waals surface area contributed by atoms with E-state index < -0.39 is 27.1 Å². The van der Waals surface area contributed by atoms with Gasteiger partial charge in [-0.15, -0.1) is 23.5 Å². The van der Waals surface area contributed by atoms with Crippen molar-refractivity contribution in [1.29, 1.82) is 0 Å². The van der Waals surface area contributed by atoms with E-state index in [9.17, 15) is 9.59 Å². The molecule has 0 heterocycles. The number of nitrogens with one attached hydrogen (secondary N) is 2. The van der Waals surface area contributed by atoms with Gasteiger partial charge >= 0.3 is 17.6 Å². The summed E-state index contributed by atoms with van der Waals surface area (Å²) in [6.45, 7) is 22.7. The van der Waals surface area contributed by atoms with Gasteiger partial charge in [-0.3, -0.25) is 9.59 Å². The Morgan fingerprint density at radius 3 is 1.07 bits per heavy atom. The van der Waals surface area contributed by atoms with Crippen molar-refractivity contribution in [2.75, 3.05) is 61.8 Å². The van der Waals surface area contributed by atoms with Gasteiger partial charge in [0, 0.05) is 63.1 Å². The molecule has 0 atom stereocenters. The fourth-order valence-electron chi connectivity index (χ4n) is 4.57. The molecule has 0 unspecified atom stereocenters. The normalized spacial score (nSPS) is 12.7. The summed E-state index contributed by atoms with van der Waals surface area (Å²) >= 11 is 3.19. The summed E-state index contributed by atoms with van der Waals surface area (Å²) < 4.78 is 34.4. The second-order valence-electron chi connectivity index (χ2n) is 11.4. The maximum atomic E-state index is 13.1. The molecule has 10 nitrogen and oxygen atoms in total. The molecule has 0 spiro atoms. The van der Waals surface area contributed by atoms with Crippen LogP contribution in [0.5, 0.6) is 0 Å². The molecule has 0 fully saturated rings. The first-order valence-corrected chi connectivity index (χ1v) is 22.5. The van der Waals surface area contributed by atoms with Crippen LogP contribution in [0.4, 0.5) is 11.4 Å². The van der Waals surface area contributed by atoms with Gasteiger partial charge in [-0.05, 0) is 118 Å². The molecular weight excluding hydrogens is 661 g/mol. The predicted molar refractivity (Wildman–Crippen MR) is 197 cm³/mol. The topological polar surface area (TPSA) is 114 Å². The smallest absolute Gasteiger partial charge is 0.374 e. The highest BCUT2D eigenvalue weighted by Crippen LogP contribution is 2.31. The number of rotatable bonds is 26. The SMILES string of the molecule is CCO[Si](CCCSC(C)(C)C(=O)Nc1ccc(NC(=O)C(C)(C)SCCC[Si](OCC)(OCC)OCC)cc1)(OCC)OCC. The summed E-state index contributed by atoms with van der Waals surface area (Å²) in [5.74, 6) is 1.38. The standard InChI is InChI=1S/C32H60N2O8S2Si2/c1-11-37-45(38-12-2,39-13-3)25-17-23-43-31(7,8)29(35)33-27-19-21-28(22-20-27)34-30(36)32(9,10)44-24-18-26-46(40-14-4,41-15-5)42-16-6/h19-22H,11-18,23-26H2,1-10H3,(H,33,35)(H,34,36). The van der Waals surface area contributed by atoms with Crippen LogP contribution in [-0.4, -0.2) is 90.1 Å². The van der Waals surface area contributed by atoms with Crippen molar-refractivity contribution in [2.24, 2.45) is 0 Å². The monoisotopic (exact) mass is 720 g/mol. The van der Waals surface area contributed by atoms with Crippen LogP contribution in [0.1, 0.15) is 82.1 Å². The highest BCUT2D eigenvalue weighted by atomic mass is 32.2. The van der Waals surface area contributed by atoms with Gasteiger partial charge in [0.15, 0.2) is 0 Å². The van der Waals surface area contributed by atoms with E-state index in [2.05, 4.69) is 10.6 Å². The van der Waals surface area contributed by atoms with Crippen molar-refractivity contribution < 1.29 is 36.1 Å². The van der Waals surface area contributed by atoms with Gasteiger partial charge in [-0.2, -0.15) is 0 Å². The lowest BCUT2D eigenvalue weighted by Gasteiger charge is -2.29. The molecule has 266 valence electrons. The lowest BCUT2D eigenvalue weighted by Crippen LogP contribution is -2.46. The van der Waals surface area contributed by atoms with Crippen molar-refractivity contribution in [3.8, 4) is 0 Å². The Balaban J connectivity index is 2.63. The predicted octanol–water partition coefficient (Wildman–Crippen LogP) is 7.46. The molecular formula is C32H60N2O8S2Si2. The molecule has 2 amide bonds. The first kappa shape index (κ1) is 43.1.